The number of fused-ring (bicyclic) bond motifs is 1. The lowest BCUT2D eigenvalue weighted by atomic mass is 9.70. The van der Waals surface area contributed by atoms with Crippen LogP contribution in [0.2, 0.25) is 0 Å². The zero-order valence-corrected chi connectivity index (χ0v) is 11.9. The first-order chi connectivity index (χ1) is 9.02. The van der Waals surface area contributed by atoms with Crippen molar-refractivity contribution in [3.63, 3.8) is 0 Å². The second kappa shape index (κ2) is 4.34. The average Bonchev–Trinajstić information content (AvgIpc) is 2.62. The molecule has 0 spiro atoms. The number of imidazole rings is 1. The second-order valence-electron chi connectivity index (χ2n) is 5.68. The van der Waals surface area contributed by atoms with Crippen molar-refractivity contribution in [1.82, 2.24) is 9.55 Å². The van der Waals surface area contributed by atoms with Crippen molar-refractivity contribution in [2.24, 2.45) is 5.41 Å². The number of rotatable bonds is 3. The zero-order valence-electron chi connectivity index (χ0n) is 11.1. The summed E-state index contributed by atoms with van der Waals surface area (Å²) in [7, 11) is 1.48. The molecule has 0 unspecified atom stereocenters. The quantitative estimate of drug-likeness (QED) is 0.860. The molecule has 0 bridgehead atoms. The Morgan fingerprint density at radius 3 is 2.79 bits per heavy atom. The van der Waals surface area contributed by atoms with Crippen molar-refractivity contribution in [2.75, 3.05) is 7.11 Å². The fourth-order valence-electron chi connectivity index (χ4n) is 2.79. The Balaban J connectivity index is 2.12. The Morgan fingerprint density at radius 1 is 1.47 bits per heavy atom. The molecule has 3 rings (SSSR count). The predicted octanol–water partition coefficient (Wildman–Crippen LogP) is 4.04. The molecular weight excluding hydrogens is 263 g/mol. The topological polar surface area (TPSA) is 29.9 Å². The van der Waals surface area contributed by atoms with E-state index < -0.39 is 0 Å². The first-order valence-electron chi connectivity index (χ1n) is 6.48. The van der Waals surface area contributed by atoms with E-state index in [2.05, 4.69) is 16.5 Å². The van der Waals surface area contributed by atoms with Gasteiger partial charge in [0.1, 0.15) is 0 Å². The summed E-state index contributed by atoms with van der Waals surface area (Å²) in [5.41, 5.74) is 1.96. The summed E-state index contributed by atoms with van der Waals surface area (Å²) < 4.78 is 21.4. The van der Waals surface area contributed by atoms with E-state index in [1.165, 1.54) is 32.4 Å². The van der Waals surface area contributed by atoms with Gasteiger partial charge in [-0.3, -0.25) is 0 Å². The number of aromatic amines is 1. The van der Waals surface area contributed by atoms with Gasteiger partial charge in [-0.1, -0.05) is 13.3 Å². The van der Waals surface area contributed by atoms with Crippen molar-refractivity contribution in [3.8, 4) is 5.75 Å². The normalized spacial score (nSPS) is 17.4. The van der Waals surface area contributed by atoms with Crippen LogP contribution in [0.5, 0.6) is 5.75 Å². The molecule has 2 aromatic rings. The highest BCUT2D eigenvalue weighted by molar-refractivity contribution is 7.71. The van der Waals surface area contributed by atoms with Crippen LogP contribution in [0.25, 0.3) is 11.0 Å². The number of benzene rings is 1. The second-order valence-corrected chi connectivity index (χ2v) is 6.07. The lowest BCUT2D eigenvalue weighted by molar-refractivity contribution is 0.133. The molecule has 1 aliphatic carbocycles. The third-order valence-corrected chi connectivity index (χ3v) is 4.47. The summed E-state index contributed by atoms with van der Waals surface area (Å²) in [6.45, 7) is 3.15. The molecule has 19 heavy (non-hydrogen) atoms. The molecule has 0 amide bonds. The van der Waals surface area contributed by atoms with Gasteiger partial charge in [0.15, 0.2) is 16.3 Å². The van der Waals surface area contributed by atoms with Gasteiger partial charge >= 0.3 is 0 Å². The summed E-state index contributed by atoms with van der Waals surface area (Å²) in [6.07, 6.45) is 3.73. The van der Waals surface area contributed by atoms with Gasteiger partial charge in [0, 0.05) is 18.7 Å². The van der Waals surface area contributed by atoms with Gasteiger partial charge in [-0.15, -0.1) is 0 Å². The Bertz CT molecular complexity index is 685. The molecule has 3 nitrogen and oxygen atoms in total. The number of aromatic nitrogens is 2. The fourth-order valence-corrected chi connectivity index (χ4v) is 3.06. The fraction of sp³-hybridized carbons (Fsp3) is 0.500. The van der Waals surface area contributed by atoms with E-state index in [1.807, 2.05) is 0 Å². The number of halogens is 1. The van der Waals surface area contributed by atoms with Crippen molar-refractivity contribution < 1.29 is 9.13 Å². The van der Waals surface area contributed by atoms with Gasteiger partial charge < -0.3 is 14.3 Å². The van der Waals surface area contributed by atoms with Crippen LogP contribution >= 0.6 is 12.2 Å². The minimum atomic E-state index is -0.367. The van der Waals surface area contributed by atoms with Gasteiger partial charge in [-0.25, -0.2) is 4.39 Å². The number of H-pyrrole nitrogens is 1. The minimum absolute atomic E-state index is 0.258. The predicted molar refractivity (Wildman–Crippen MR) is 75.6 cm³/mol. The average molecular weight is 280 g/mol. The van der Waals surface area contributed by atoms with E-state index in [-0.39, 0.29) is 11.6 Å². The van der Waals surface area contributed by atoms with Crippen LogP contribution in [0.15, 0.2) is 12.1 Å². The summed E-state index contributed by atoms with van der Waals surface area (Å²) in [6, 6.07) is 3.17. The summed E-state index contributed by atoms with van der Waals surface area (Å²) in [5, 5.41) is 0. The Hall–Kier alpha value is -1.36. The molecule has 1 N–H and O–H groups in total. The first kappa shape index (κ1) is 12.7. The van der Waals surface area contributed by atoms with Gasteiger partial charge in [-0.2, -0.15) is 0 Å². The summed E-state index contributed by atoms with van der Waals surface area (Å²) in [4.78, 5) is 3.07. The zero-order chi connectivity index (χ0) is 13.6. The van der Waals surface area contributed by atoms with E-state index in [0.717, 1.165) is 17.6 Å². The third-order valence-electron chi connectivity index (χ3n) is 4.15. The van der Waals surface area contributed by atoms with Crippen molar-refractivity contribution in [3.05, 3.63) is 22.7 Å². The largest absolute Gasteiger partial charge is 0.494 e. The molecular formula is C14H17FN2OS. The standard InChI is InChI=1S/C14H17FN2OS/c1-14(4-3-5-14)8-17-11-7-12(18-2)9(15)6-10(11)16-13(17)19/h6-7H,3-5,8H2,1-2H3,(H,16,19). The molecule has 5 heteroatoms. The molecule has 1 heterocycles. The lowest BCUT2D eigenvalue weighted by Gasteiger charge is -2.38. The molecule has 0 atom stereocenters. The van der Waals surface area contributed by atoms with Gasteiger partial charge in [0.25, 0.3) is 0 Å². The maximum absolute atomic E-state index is 13.7. The van der Waals surface area contributed by atoms with E-state index in [4.69, 9.17) is 17.0 Å². The van der Waals surface area contributed by atoms with Crippen molar-refractivity contribution in [1.29, 1.82) is 0 Å². The number of hydrogen-bond acceptors (Lipinski definition) is 2. The molecule has 1 saturated carbocycles. The van der Waals surface area contributed by atoms with E-state index >= 15 is 0 Å². The smallest absolute Gasteiger partial charge is 0.178 e. The molecule has 1 aliphatic rings. The summed E-state index contributed by atoms with van der Waals surface area (Å²) in [5.74, 6) is -0.109. The van der Waals surface area contributed by atoms with Crippen LogP contribution in [0, 0.1) is 16.0 Å². The van der Waals surface area contributed by atoms with Gasteiger partial charge in [0.2, 0.25) is 0 Å². The van der Waals surface area contributed by atoms with Crippen LogP contribution in [0.1, 0.15) is 26.2 Å². The maximum Gasteiger partial charge on any atom is 0.178 e. The van der Waals surface area contributed by atoms with Gasteiger partial charge in [-0.05, 0) is 30.5 Å². The molecule has 1 aromatic heterocycles. The van der Waals surface area contributed by atoms with Crippen LogP contribution in [-0.2, 0) is 6.54 Å². The Kier molecular flexibility index (Phi) is 2.89. The van der Waals surface area contributed by atoms with Crippen LogP contribution in [-0.4, -0.2) is 16.7 Å². The Labute approximate surface area is 116 Å². The first-order valence-corrected chi connectivity index (χ1v) is 6.89. The number of ether oxygens (including phenoxy) is 1. The molecule has 0 saturated heterocycles. The number of hydrogen-bond donors (Lipinski definition) is 1. The number of nitrogens with zero attached hydrogens (tertiary/aromatic N) is 1. The van der Waals surface area contributed by atoms with E-state index in [9.17, 15) is 4.39 Å². The highest BCUT2D eigenvalue weighted by Crippen LogP contribution is 2.42. The van der Waals surface area contributed by atoms with Crippen LogP contribution in [0.4, 0.5) is 4.39 Å². The van der Waals surface area contributed by atoms with Crippen molar-refractivity contribution in [2.45, 2.75) is 32.7 Å². The van der Waals surface area contributed by atoms with Crippen LogP contribution in [0.3, 0.4) is 0 Å². The molecule has 1 fully saturated rings. The SMILES string of the molecule is COc1cc2c(cc1F)[nH]c(=S)n2CC1(C)CCC1. The highest BCUT2D eigenvalue weighted by Gasteiger charge is 2.32. The molecule has 1 aromatic carbocycles. The number of methoxy groups -OCH3 is 1. The summed E-state index contributed by atoms with van der Waals surface area (Å²) >= 11 is 5.36. The Morgan fingerprint density at radius 2 is 2.21 bits per heavy atom. The lowest BCUT2D eigenvalue weighted by Crippen LogP contribution is -2.30. The number of nitrogens with one attached hydrogen (secondary N) is 1. The monoisotopic (exact) mass is 280 g/mol. The third kappa shape index (κ3) is 2.06. The van der Waals surface area contributed by atoms with Crippen LogP contribution < -0.4 is 4.74 Å². The van der Waals surface area contributed by atoms with E-state index in [0.29, 0.717) is 10.2 Å². The van der Waals surface area contributed by atoms with E-state index in [1.54, 1.807) is 6.07 Å². The van der Waals surface area contributed by atoms with Gasteiger partial charge in [0.05, 0.1) is 18.1 Å². The minimum Gasteiger partial charge on any atom is -0.494 e. The maximum atomic E-state index is 13.7. The van der Waals surface area contributed by atoms with Crippen molar-refractivity contribution >= 4 is 23.3 Å². The highest BCUT2D eigenvalue weighted by atomic mass is 32.1. The molecule has 0 aliphatic heterocycles. The molecule has 102 valence electrons. The molecule has 0 radical (unpaired) electrons.